The lowest BCUT2D eigenvalue weighted by Gasteiger charge is -2.03. The Balaban J connectivity index is 0.000000260. The molecule has 8 nitrogen and oxygen atoms in total. The van der Waals surface area contributed by atoms with Gasteiger partial charge in [-0.25, -0.2) is 4.79 Å². The fourth-order valence-electron chi connectivity index (χ4n) is 2.15. The molecular weight excluding hydrogens is 336 g/mol. The molecule has 0 fully saturated rings. The number of carbonyl (C=O) groups excluding carboxylic acids is 1. The van der Waals surface area contributed by atoms with Crippen molar-refractivity contribution >= 4 is 34.7 Å². The number of aryl methyl sites for hydroxylation is 1. The maximum Gasteiger partial charge on any atom is 0.338 e. The van der Waals surface area contributed by atoms with Gasteiger partial charge in [0.25, 0.3) is 0 Å². The van der Waals surface area contributed by atoms with E-state index in [4.69, 9.17) is 32.8 Å². The van der Waals surface area contributed by atoms with E-state index in [1.165, 1.54) is 12.1 Å². The van der Waals surface area contributed by atoms with Crippen molar-refractivity contribution in [1.29, 1.82) is 0 Å². The summed E-state index contributed by atoms with van der Waals surface area (Å²) in [6, 6.07) is 9.77. The summed E-state index contributed by atoms with van der Waals surface area (Å²) >= 11 is 0. The maximum atomic E-state index is 11.2. The van der Waals surface area contributed by atoms with Crippen LogP contribution in [0.5, 0.6) is 0 Å². The zero-order chi connectivity index (χ0) is 19.7. The normalized spacial score (nSPS) is 9.73. The van der Waals surface area contributed by atoms with Gasteiger partial charge in [0.1, 0.15) is 0 Å². The second-order valence-electron chi connectivity index (χ2n) is 5.51. The molecule has 0 heterocycles. The lowest BCUT2D eigenvalue weighted by molar-refractivity contribution is -0.136. The van der Waals surface area contributed by atoms with Gasteiger partial charge in [0.2, 0.25) is 0 Å². The van der Waals surface area contributed by atoms with Crippen LogP contribution in [0.2, 0.25) is 0 Å². The van der Waals surface area contributed by atoms with Crippen molar-refractivity contribution < 1.29 is 19.4 Å². The van der Waals surface area contributed by atoms with E-state index >= 15 is 0 Å². The Morgan fingerprint density at radius 1 is 0.885 bits per heavy atom. The Hall–Kier alpha value is -3.42. The van der Waals surface area contributed by atoms with Crippen LogP contribution in [-0.4, -0.2) is 23.7 Å². The van der Waals surface area contributed by atoms with Gasteiger partial charge in [-0.15, -0.1) is 0 Å². The number of ether oxygens (including phenoxy) is 1. The van der Waals surface area contributed by atoms with Gasteiger partial charge in [-0.1, -0.05) is 0 Å². The summed E-state index contributed by atoms with van der Waals surface area (Å²) in [5.41, 5.74) is 25.4. The molecule has 0 saturated carbocycles. The van der Waals surface area contributed by atoms with Gasteiger partial charge in [-0.05, 0) is 55.3 Å². The van der Waals surface area contributed by atoms with Gasteiger partial charge in [-0.3, -0.25) is 4.79 Å². The van der Waals surface area contributed by atoms with E-state index in [1.807, 2.05) is 0 Å². The largest absolute Gasteiger partial charge is 0.481 e. The van der Waals surface area contributed by atoms with Crippen LogP contribution in [0.25, 0.3) is 0 Å². The number of nitrogens with two attached hydrogens (primary N) is 4. The SMILES string of the molecule is CCOC(=O)c1cc(N)cc(N)c1.Nc1cc(N)cc(CCC(=O)O)c1. The highest BCUT2D eigenvalue weighted by Crippen LogP contribution is 2.15. The van der Waals surface area contributed by atoms with E-state index in [9.17, 15) is 9.59 Å². The number of rotatable bonds is 5. The fourth-order valence-corrected chi connectivity index (χ4v) is 2.15. The first-order valence-electron chi connectivity index (χ1n) is 7.91. The Bertz CT molecular complexity index is 737. The Morgan fingerprint density at radius 2 is 1.35 bits per heavy atom. The van der Waals surface area contributed by atoms with Crippen molar-refractivity contribution in [1.82, 2.24) is 0 Å². The molecule has 0 aliphatic rings. The Kier molecular flexibility index (Phi) is 7.75. The van der Waals surface area contributed by atoms with Crippen LogP contribution in [0.15, 0.2) is 36.4 Å². The highest BCUT2D eigenvalue weighted by atomic mass is 16.5. The molecule has 0 bridgehead atoms. The quantitative estimate of drug-likeness (QED) is 0.398. The van der Waals surface area contributed by atoms with Crippen LogP contribution in [0.3, 0.4) is 0 Å². The van der Waals surface area contributed by atoms with Gasteiger partial charge < -0.3 is 32.8 Å². The summed E-state index contributed by atoms with van der Waals surface area (Å²) in [6.45, 7) is 2.08. The monoisotopic (exact) mass is 360 g/mol. The van der Waals surface area contributed by atoms with Crippen LogP contribution in [0, 0.1) is 0 Å². The molecule has 2 aromatic carbocycles. The summed E-state index contributed by atoms with van der Waals surface area (Å²) in [7, 11) is 0. The molecule has 0 radical (unpaired) electrons. The summed E-state index contributed by atoms with van der Waals surface area (Å²) in [4.78, 5) is 21.5. The minimum absolute atomic E-state index is 0.100. The maximum absolute atomic E-state index is 11.2. The molecule has 0 aliphatic heterocycles. The number of anilines is 4. The molecule has 26 heavy (non-hydrogen) atoms. The molecule has 2 aromatic rings. The number of aliphatic carboxylic acids is 1. The third-order valence-electron chi connectivity index (χ3n) is 3.15. The van der Waals surface area contributed by atoms with Crippen molar-refractivity contribution in [3.63, 3.8) is 0 Å². The van der Waals surface area contributed by atoms with Gasteiger partial charge in [0, 0.05) is 29.2 Å². The average Bonchev–Trinajstić information content (AvgIpc) is 2.52. The molecule has 0 saturated heterocycles. The van der Waals surface area contributed by atoms with Crippen molar-refractivity contribution in [2.45, 2.75) is 19.8 Å². The first kappa shape index (κ1) is 20.6. The molecule has 0 aliphatic carbocycles. The molecular formula is C18H24N4O4. The summed E-state index contributed by atoms with van der Waals surface area (Å²) < 4.78 is 4.79. The lowest BCUT2D eigenvalue weighted by Crippen LogP contribution is -2.06. The average molecular weight is 360 g/mol. The van der Waals surface area contributed by atoms with E-state index in [-0.39, 0.29) is 6.42 Å². The third kappa shape index (κ3) is 7.43. The van der Waals surface area contributed by atoms with E-state index < -0.39 is 11.9 Å². The first-order valence-corrected chi connectivity index (χ1v) is 7.91. The molecule has 0 amide bonds. The van der Waals surface area contributed by atoms with E-state index in [0.29, 0.717) is 41.3 Å². The number of carbonyl (C=O) groups is 2. The van der Waals surface area contributed by atoms with Crippen molar-refractivity contribution in [3.8, 4) is 0 Å². The van der Waals surface area contributed by atoms with Crippen molar-refractivity contribution in [2.75, 3.05) is 29.5 Å². The first-order chi connectivity index (χ1) is 12.2. The molecule has 8 heteroatoms. The number of nitrogen functional groups attached to an aromatic ring is 4. The Labute approximate surface area is 151 Å². The van der Waals surface area contributed by atoms with Gasteiger partial charge in [0.05, 0.1) is 12.2 Å². The van der Waals surface area contributed by atoms with Crippen molar-refractivity contribution in [2.24, 2.45) is 0 Å². The minimum Gasteiger partial charge on any atom is -0.481 e. The van der Waals surface area contributed by atoms with Gasteiger partial charge in [-0.2, -0.15) is 0 Å². The van der Waals surface area contributed by atoms with Crippen molar-refractivity contribution in [3.05, 3.63) is 47.5 Å². The van der Waals surface area contributed by atoms with Crippen LogP contribution in [0.4, 0.5) is 22.7 Å². The molecule has 0 aromatic heterocycles. The van der Waals surface area contributed by atoms with Gasteiger partial charge >= 0.3 is 11.9 Å². The third-order valence-corrected chi connectivity index (χ3v) is 3.15. The van der Waals surface area contributed by atoms with Gasteiger partial charge in [0.15, 0.2) is 0 Å². The lowest BCUT2D eigenvalue weighted by atomic mass is 10.1. The number of esters is 1. The summed E-state index contributed by atoms with van der Waals surface area (Å²) in [5, 5.41) is 8.45. The number of carboxylic acids is 1. The van der Waals surface area contributed by atoms with E-state index in [1.54, 1.807) is 31.2 Å². The number of hydrogen-bond acceptors (Lipinski definition) is 7. The minimum atomic E-state index is -0.819. The predicted molar refractivity (Wildman–Crippen MR) is 102 cm³/mol. The smallest absolute Gasteiger partial charge is 0.338 e. The molecule has 0 unspecified atom stereocenters. The molecule has 0 spiro atoms. The molecule has 9 N–H and O–H groups in total. The van der Waals surface area contributed by atoms with Crippen LogP contribution < -0.4 is 22.9 Å². The zero-order valence-corrected chi connectivity index (χ0v) is 14.6. The molecule has 2 rings (SSSR count). The topological polar surface area (TPSA) is 168 Å². The number of carboxylic acid groups (broad SMARTS) is 1. The highest BCUT2D eigenvalue weighted by molar-refractivity contribution is 5.91. The fraction of sp³-hybridized carbons (Fsp3) is 0.222. The van der Waals surface area contributed by atoms with E-state index in [0.717, 1.165) is 5.56 Å². The Morgan fingerprint density at radius 3 is 1.77 bits per heavy atom. The van der Waals surface area contributed by atoms with E-state index in [2.05, 4.69) is 0 Å². The molecule has 140 valence electrons. The predicted octanol–water partition coefficient (Wildman–Crippen LogP) is 1.90. The number of hydrogen-bond donors (Lipinski definition) is 5. The van der Waals surface area contributed by atoms with Crippen LogP contribution >= 0.6 is 0 Å². The van der Waals surface area contributed by atoms with Crippen LogP contribution in [0.1, 0.15) is 29.3 Å². The second kappa shape index (κ2) is 9.77. The standard InChI is InChI=1S/2C9H12N2O2/c1-2-13-9(12)6-3-7(10)5-8(11)4-6;10-7-3-6(1-2-9(12)13)4-8(11)5-7/h3-5H,2,10-11H2,1H3;3-5H,1-2,10-11H2,(H,12,13). The summed E-state index contributed by atoms with van der Waals surface area (Å²) in [5.74, 6) is -1.22. The second-order valence-corrected chi connectivity index (χ2v) is 5.51. The highest BCUT2D eigenvalue weighted by Gasteiger charge is 2.07. The number of benzene rings is 2. The zero-order valence-electron chi connectivity index (χ0n) is 14.6. The summed E-state index contributed by atoms with van der Waals surface area (Å²) in [6.07, 6.45) is 0.563. The molecule has 0 atom stereocenters. The van der Waals surface area contributed by atoms with Crippen LogP contribution in [-0.2, 0) is 16.0 Å².